The Labute approximate surface area is 142 Å². The van der Waals surface area contributed by atoms with E-state index in [2.05, 4.69) is 31.4 Å². The molecular weight excluding hydrogens is 362 g/mol. The third-order valence-corrected chi connectivity index (χ3v) is 4.19. The van der Waals surface area contributed by atoms with Crippen LogP contribution in [0.1, 0.15) is 30.3 Å². The largest absolute Gasteiger partial charge is 0.461 e. The molecule has 0 spiro atoms. The van der Waals surface area contributed by atoms with Crippen molar-refractivity contribution >= 4 is 38.5 Å². The van der Waals surface area contributed by atoms with E-state index in [1.54, 1.807) is 6.92 Å². The van der Waals surface area contributed by atoms with Crippen molar-refractivity contribution in [3.63, 3.8) is 0 Å². The molecule has 1 saturated heterocycles. The number of benzene rings is 1. The van der Waals surface area contributed by atoms with Crippen molar-refractivity contribution in [1.29, 1.82) is 0 Å². The zero-order valence-corrected chi connectivity index (χ0v) is 14.4. The summed E-state index contributed by atoms with van der Waals surface area (Å²) in [7, 11) is 0. The first-order chi connectivity index (χ1) is 11.2. The second-order valence-corrected chi connectivity index (χ2v) is 6.28. The Kier molecular flexibility index (Phi) is 5.07. The van der Waals surface area contributed by atoms with Gasteiger partial charge in [0.25, 0.3) is 0 Å². The minimum Gasteiger partial charge on any atom is -0.461 e. The molecule has 0 radical (unpaired) electrons. The van der Waals surface area contributed by atoms with Crippen LogP contribution in [0, 0.1) is 0 Å². The molecule has 2 heterocycles. The number of nitrogens with zero attached hydrogens (tertiary/aromatic N) is 2. The molecule has 122 valence electrons. The summed E-state index contributed by atoms with van der Waals surface area (Å²) < 4.78 is 11.5. The number of carbonyl (C=O) groups excluding carboxylic acids is 1. The lowest BCUT2D eigenvalue weighted by molar-refractivity contribution is 0.0519. The molecule has 2 aromatic rings. The molecule has 7 heteroatoms. The highest BCUT2D eigenvalue weighted by molar-refractivity contribution is 9.10. The molecule has 1 N–H and O–H groups in total. The maximum absolute atomic E-state index is 12.2. The average molecular weight is 380 g/mol. The molecule has 0 bridgehead atoms. The van der Waals surface area contributed by atoms with Gasteiger partial charge in [-0.05, 0) is 38.0 Å². The molecule has 1 aromatic heterocycles. The fourth-order valence-corrected chi connectivity index (χ4v) is 2.99. The lowest BCUT2D eigenvalue weighted by Crippen LogP contribution is -2.31. The summed E-state index contributed by atoms with van der Waals surface area (Å²) in [6.07, 6.45) is 1.98. The predicted octanol–water partition coefficient (Wildman–Crippen LogP) is 3.16. The number of fused-ring (bicyclic) bond motifs is 1. The Morgan fingerprint density at radius 1 is 1.48 bits per heavy atom. The maximum atomic E-state index is 12.2. The van der Waals surface area contributed by atoms with Crippen molar-refractivity contribution in [2.75, 3.05) is 25.1 Å². The third-order valence-electron chi connectivity index (χ3n) is 3.70. The Morgan fingerprint density at radius 2 is 2.35 bits per heavy atom. The monoisotopic (exact) mass is 379 g/mol. The molecule has 0 unspecified atom stereocenters. The summed E-state index contributed by atoms with van der Waals surface area (Å²) >= 11 is 3.47. The summed E-state index contributed by atoms with van der Waals surface area (Å²) in [5.74, 6) is -0.471. The van der Waals surface area contributed by atoms with E-state index in [1.807, 2.05) is 18.2 Å². The van der Waals surface area contributed by atoms with Crippen LogP contribution in [0.5, 0.6) is 0 Å². The third kappa shape index (κ3) is 3.61. The van der Waals surface area contributed by atoms with Crippen molar-refractivity contribution in [1.82, 2.24) is 10.2 Å². The molecule has 0 saturated carbocycles. The van der Waals surface area contributed by atoms with Gasteiger partial charge >= 0.3 is 5.97 Å². The number of nitrogens with one attached hydrogen (secondary N) is 1. The Balaban J connectivity index is 2.06. The van der Waals surface area contributed by atoms with Gasteiger partial charge in [-0.1, -0.05) is 15.9 Å². The summed E-state index contributed by atoms with van der Waals surface area (Å²) in [5.41, 5.74) is 1.59. The Bertz CT molecular complexity index is 717. The summed E-state index contributed by atoms with van der Waals surface area (Å²) in [6, 6.07) is 5.83. The van der Waals surface area contributed by atoms with Crippen LogP contribution in [-0.2, 0) is 9.47 Å². The molecule has 3 rings (SSSR count). The van der Waals surface area contributed by atoms with Gasteiger partial charge in [0, 0.05) is 22.5 Å². The van der Waals surface area contributed by atoms with E-state index in [9.17, 15) is 4.79 Å². The average Bonchev–Trinajstić information content (AvgIpc) is 2.56. The second kappa shape index (κ2) is 7.23. The zero-order valence-electron chi connectivity index (χ0n) is 12.8. The van der Waals surface area contributed by atoms with Crippen LogP contribution in [0.3, 0.4) is 0 Å². The Morgan fingerprint density at radius 3 is 3.09 bits per heavy atom. The number of rotatable bonds is 4. The number of hydrogen-bond acceptors (Lipinski definition) is 6. The smallest absolute Gasteiger partial charge is 0.361 e. The standard InChI is InChI=1S/C16H18BrN3O3/c1-2-23-16(21)15-14(18-11-4-3-7-22-9-11)12-8-10(17)5-6-13(12)19-20-15/h5-6,8,11H,2-4,7,9H2,1H3,(H,18,19)/t11-/m0/s1. The quantitative estimate of drug-likeness (QED) is 0.822. The zero-order chi connectivity index (χ0) is 16.2. The first-order valence-corrected chi connectivity index (χ1v) is 8.45. The van der Waals surface area contributed by atoms with Gasteiger partial charge in [0.15, 0.2) is 5.69 Å². The summed E-state index contributed by atoms with van der Waals surface area (Å²) in [5, 5.41) is 12.5. The number of halogens is 1. The molecule has 1 aromatic carbocycles. The molecular formula is C16H18BrN3O3. The van der Waals surface area contributed by atoms with Gasteiger partial charge in [-0.25, -0.2) is 4.79 Å². The van der Waals surface area contributed by atoms with Crippen LogP contribution in [-0.4, -0.2) is 42.0 Å². The number of carbonyl (C=O) groups is 1. The molecule has 6 nitrogen and oxygen atoms in total. The van der Waals surface area contributed by atoms with Crippen molar-refractivity contribution in [3.8, 4) is 0 Å². The van der Waals surface area contributed by atoms with Gasteiger partial charge < -0.3 is 14.8 Å². The van der Waals surface area contributed by atoms with Gasteiger partial charge in [-0.2, -0.15) is 0 Å². The first-order valence-electron chi connectivity index (χ1n) is 7.66. The molecule has 23 heavy (non-hydrogen) atoms. The summed E-state index contributed by atoms with van der Waals surface area (Å²) in [4.78, 5) is 12.2. The second-order valence-electron chi connectivity index (χ2n) is 5.36. The minimum atomic E-state index is -0.471. The molecule has 0 amide bonds. The SMILES string of the molecule is CCOC(=O)c1nnc2ccc(Br)cc2c1N[C@H]1CCCOC1. The van der Waals surface area contributed by atoms with Gasteiger partial charge in [0.05, 0.1) is 24.4 Å². The summed E-state index contributed by atoms with van der Waals surface area (Å²) in [6.45, 7) is 3.46. The van der Waals surface area contributed by atoms with E-state index in [0.29, 0.717) is 18.9 Å². The van der Waals surface area contributed by atoms with Gasteiger partial charge in [-0.15, -0.1) is 10.2 Å². The highest BCUT2D eigenvalue weighted by Gasteiger charge is 2.22. The number of anilines is 1. The van der Waals surface area contributed by atoms with Gasteiger partial charge in [-0.3, -0.25) is 0 Å². The number of esters is 1. The lowest BCUT2D eigenvalue weighted by atomic mass is 10.1. The number of aromatic nitrogens is 2. The van der Waals surface area contributed by atoms with Crippen molar-refractivity contribution in [3.05, 3.63) is 28.4 Å². The Hall–Kier alpha value is -1.73. The highest BCUT2D eigenvalue weighted by Crippen LogP contribution is 2.29. The van der Waals surface area contributed by atoms with E-state index >= 15 is 0 Å². The van der Waals surface area contributed by atoms with Gasteiger partial charge in [0.2, 0.25) is 0 Å². The van der Waals surface area contributed by atoms with Crippen molar-refractivity contribution in [2.24, 2.45) is 0 Å². The first kappa shape index (κ1) is 16.1. The fraction of sp³-hybridized carbons (Fsp3) is 0.438. The van der Waals surface area contributed by atoms with E-state index < -0.39 is 5.97 Å². The molecule has 1 aliphatic rings. The van der Waals surface area contributed by atoms with Gasteiger partial charge in [0.1, 0.15) is 0 Å². The van der Waals surface area contributed by atoms with Crippen LogP contribution < -0.4 is 5.32 Å². The normalized spacial score (nSPS) is 17.9. The van der Waals surface area contributed by atoms with E-state index in [0.717, 1.165) is 34.8 Å². The van der Waals surface area contributed by atoms with Crippen LogP contribution in [0.15, 0.2) is 22.7 Å². The lowest BCUT2D eigenvalue weighted by Gasteiger charge is -2.25. The van der Waals surface area contributed by atoms with Crippen LogP contribution in [0.25, 0.3) is 10.9 Å². The molecule has 1 fully saturated rings. The van der Waals surface area contributed by atoms with Crippen molar-refractivity contribution in [2.45, 2.75) is 25.8 Å². The molecule has 1 aliphatic heterocycles. The molecule has 0 aliphatic carbocycles. The molecule has 1 atom stereocenters. The maximum Gasteiger partial charge on any atom is 0.361 e. The van der Waals surface area contributed by atoms with E-state index in [1.165, 1.54) is 0 Å². The topological polar surface area (TPSA) is 73.3 Å². The highest BCUT2D eigenvalue weighted by atomic mass is 79.9. The number of ether oxygens (including phenoxy) is 2. The minimum absolute atomic E-state index is 0.142. The van der Waals surface area contributed by atoms with Crippen molar-refractivity contribution < 1.29 is 14.3 Å². The predicted molar refractivity (Wildman–Crippen MR) is 90.7 cm³/mol. The van der Waals surface area contributed by atoms with Crippen LogP contribution in [0.2, 0.25) is 0 Å². The fourth-order valence-electron chi connectivity index (χ4n) is 2.62. The van der Waals surface area contributed by atoms with Crippen LogP contribution >= 0.6 is 15.9 Å². The van der Waals surface area contributed by atoms with E-state index in [4.69, 9.17) is 9.47 Å². The van der Waals surface area contributed by atoms with Crippen LogP contribution in [0.4, 0.5) is 5.69 Å². The van der Waals surface area contributed by atoms with E-state index in [-0.39, 0.29) is 11.7 Å². The number of hydrogen-bond donors (Lipinski definition) is 1.